The van der Waals surface area contributed by atoms with E-state index >= 15 is 0 Å². The molecule has 0 radical (unpaired) electrons. The van der Waals surface area contributed by atoms with Crippen LogP contribution in [0.2, 0.25) is 10.0 Å². The van der Waals surface area contributed by atoms with Crippen LogP contribution >= 0.6 is 23.2 Å². The van der Waals surface area contributed by atoms with Crippen molar-refractivity contribution in [2.24, 2.45) is 0 Å². The van der Waals surface area contributed by atoms with Crippen molar-refractivity contribution in [3.8, 4) is 11.5 Å². The molecule has 0 saturated carbocycles. The summed E-state index contributed by atoms with van der Waals surface area (Å²) in [7, 11) is 0. The minimum Gasteiger partial charge on any atom is -0.418 e. The molecule has 4 nitrogen and oxygen atoms in total. The van der Waals surface area contributed by atoms with Crippen molar-refractivity contribution in [2.75, 3.05) is 5.32 Å². The Balaban J connectivity index is 1.71. The molecule has 1 atom stereocenters. The van der Waals surface area contributed by atoms with Gasteiger partial charge in [-0.05, 0) is 48.0 Å². The van der Waals surface area contributed by atoms with Gasteiger partial charge in [-0.2, -0.15) is 0 Å². The quantitative estimate of drug-likeness (QED) is 0.434. The summed E-state index contributed by atoms with van der Waals surface area (Å²) >= 11 is 12.2. The minimum absolute atomic E-state index is 0.342. The van der Waals surface area contributed by atoms with Crippen molar-refractivity contribution in [1.82, 2.24) is 10.2 Å². The second-order valence-corrected chi connectivity index (χ2v) is 6.82. The highest BCUT2D eigenvalue weighted by molar-refractivity contribution is 6.31. The number of rotatable bonds is 5. The second kappa shape index (κ2) is 7.82. The summed E-state index contributed by atoms with van der Waals surface area (Å²) in [6.07, 6.45) is 0. The maximum Gasteiger partial charge on any atom is 0.247 e. The fourth-order valence-corrected chi connectivity index (χ4v) is 3.05. The minimum atomic E-state index is -0.342. The number of anilines is 1. The number of nitrogens with one attached hydrogen (secondary N) is 1. The summed E-state index contributed by atoms with van der Waals surface area (Å²) in [6.45, 7) is 0. The molecule has 0 saturated heterocycles. The first-order chi connectivity index (χ1) is 13.2. The molecule has 27 heavy (non-hydrogen) atoms. The second-order valence-electron chi connectivity index (χ2n) is 5.95. The van der Waals surface area contributed by atoms with Crippen LogP contribution in [0, 0.1) is 0 Å². The van der Waals surface area contributed by atoms with Gasteiger partial charge in [0.15, 0.2) is 0 Å². The molecule has 0 spiro atoms. The molecular formula is C21H15Cl2N3O. The van der Waals surface area contributed by atoms with Gasteiger partial charge in [0.25, 0.3) is 0 Å². The molecule has 0 aliphatic carbocycles. The van der Waals surface area contributed by atoms with Gasteiger partial charge < -0.3 is 9.73 Å². The van der Waals surface area contributed by atoms with Gasteiger partial charge in [0.1, 0.15) is 6.04 Å². The van der Waals surface area contributed by atoms with Gasteiger partial charge in [0, 0.05) is 21.3 Å². The highest BCUT2D eigenvalue weighted by Gasteiger charge is 2.21. The monoisotopic (exact) mass is 395 g/mol. The molecule has 1 aromatic heterocycles. The van der Waals surface area contributed by atoms with Crippen LogP contribution in [0.25, 0.3) is 11.5 Å². The number of hydrogen-bond donors (Lipinski definition) is 1. The van der Waals surface area contributed by atoms with E-state index in [1.165, 1.54) is 0 Å². The number of nitrogens with zero attached hydrogens (tertiary/aromatic N) is 2. The van der Waals surface area contributed by atoms with E-state index in [2.05, 4.69) is 15.5 Å². The van der Waals surface area contributed by atoms with E-state index in [0.29, 0.717) is 21.8 Å². The van der Waals surface area contributed by atoms with E-state index in [1.54, 1.807) is 0 Å². The summed E-state index contributed by atoms with van der Waals surface area (Å²) in [5.74, 6) is 0.925. The average molecular weight is 396 g/mol. The molecule has 1 unspecified atom stereocenters. The van der Waals surface area contributed by atoms with Crippen molar-refractivity contribution in [1.29, 1.82) is 0 Å². The normalized spacial score (nSPS) is 11.9. The number of hydrogen-bond acceptors (Lipinski definition) is 4. The molecule has 4 aromatic rings. The van der Waals surface area contributed by atoms with Crippen molar-refractivity contribution < 1.29 is 4.42 Å². The zero-order valence-electron chi connectivity index (χ0n) is 14.1. The molecule has 0 amide bonds. The Bertz CT molecular complexity index is 1030. The highest BCUT2D eigenvalue weighted by Crippen LogP contribution is 2.30. The zero-order valence-corrected chi connectivity index (χ0v) is 15.7. The van der Waals surface area contributed by atoms with Gasteiger partial charge in [0.05, 0.1) is 0 Å². The van der Waals surface area contributed by atoms with Crippen LogP contribution in [-0.4, -0.2) is 10.2 Å². The Kier molecular flexibility index (Phi) is 5.10. The topological polar surface area (TPSA) is 51.0 Å². The standard InChI is InChI=1S/C21H15Cl2N3O/c22-16-11-9-14(10-12-16)19(24-18-8-4-7-17(23)13-18)21-26-25-20(27-21)15-5-2-1-3-6-15/h1-13,19,24H. The number of aromatic nitrogens is 2. The summed E-state index contributed by atoms with van der Waals surface area (Å²) in [4.78, 5) is 0. The lowest BCUT2D eigenvalue weighted by Crippen LogP contribution is -2.12. The molecule has 0 fully saturated rings. The molecule has 0 bridgehead atoms. The van der Waals surface area contributed by atoms with E-state index in [-0.39, 0.29) is 6.04 Å². The van der Waals surface area contributed by atoms with Gasteiger partial charge >= 0.3 is 0 Å². The van der Waals surface area contributed by atoms with E-state index in [1.807, 2.05) is 78.9 Å². The smallest absolute Gasteiger partial charge is 0.247 e. The maximum atomic E-state index is 6.12. The van der Waals surface area contributed by atoms with Crippen LogP contribution in [0.3, 0.4) is 0 Å². The van der Waals surface area contributed by atoms with Gasteiger partial charge in [-0.3, -0.25) is 0 Å². The van der Waals surface area contributed by atoms with Crippen molar-refractivity contribution in [3.05, 3.63) is 100 Å². The average Bonchev–Trinajstić information content (AvgIpc) is 3.18. The van der Waals surface area contributed by atoms with Crippen LogP contribution in [0.15, 0.2) is 83.3 Å². The third kappa shape index (κ3) is 4.13. The summed E-state index contributed by atoms with van der Waals surface area (Å²) < 4.78 is 5.97. The van der Waals surface area contributed by atoms with Gasteiger partial charge in [-0.1, -0.05) is 59.6 Å². The number of benzene rings is 3. The molecule has 4 rings (SSSR count). The zero-order chi connectivity index (χ0) is 18.6. The van der Waals surface area contributed by atoms with E-state index in [0.717, 1.165) is 16.8 Å². The Hall–Kier alpha value is -2.82. The predicted octanol–water partition coefficient (Wildman–Crippen LogP) is 6.24. The summed E-state index contributed by atoms with van der Waals surface area (Å²) in [5, 5.41) is 13.2. The Morgan fingerprint density at radius 1 is 0.778 bits per heavy atom. The van der Waals surface area contributed by atoms with Gasteiger partial charge in [-0.15, -0.1) is 10.2 Å². The van der Waals surface area contributed by atoms with E-state index < -0.39 is 0 Å². The van der Waals surface area contributed by atoms with Gasteiger partial charge in [-0.25, -0.2) is 0 Å². The first-order valence-electron chi connectivity index (χ1n) is 8.35. The molecule has 3 aromatic carbocycles. The number of halogens is 2. The molecule has 0 aliphatic heterocycles. The molecule has 134 valence electrons. The van der Waals surface area contributed by atoms with Crippen LogP contribution in [0.5, 0.6) is 0 Å². The Morgan fingerprint density at radius 3 is 2.30 bits per heavy atom. The van der Waals surface area contributed by atoms with Crippen LogP contribution in [0.1, 0.15) is 17.5 Å². The van der Waals surface area contributed by atoms with Crippen LogP contribution in [0.4, 0.5) is 5.69 Å². The Morgan fingerprint density at radius 2 is 1.56 bits per heavy atom. The fourth-order valence-electron chi connectivity index (χ4n) is 2.74. The Labute approximate surface area is 166 Å². The lowest BCUT2D eigenvalue weighted by molar-refractivity contribution is 0.494. The van der Waals surface area contributed by atoms with Gasteiger partial charge in [0.2, 0.25) is 11.8 Å². The fraction of sp³-hybridized carbons (Fsp3) is 0.0476. The van der Waals surface area contributed by atoms with E-state index in [4.69, 9.17) is 27.6 Å². The van der Waals surface area contributed by atoms with Crippen LogP contribution < -0.4 is 5.32 Å². The van der Waals surface area contributed by atoms with E-state index in [9.17, 15) is 0 Å². The summed E-state index contributed by atoms with van der Waals surface area (Å²) in [6, 6.07) is 24.3. The first-order valence-corrected chi connectivity index (χ1v) is 9.11. The summed E-state index contributed by atoms with van der Waals surface area (Å²) in [5.41, 5.74) is 2.67. The first kappa shape index (κ1) is 17.6. The van der Waals surface area contributed by atoms with Crippen molar-refractivity contribution in [3.63, 3.8) is 0 Å². The third-order valence-corrected chi connectivity index (χ3v) is 4.53. The van der Waals surface area contributed by atoms with Crippen molar-refractivity contribution in [2.45, 2.75) is 6.04 Å². The molecule has 0 aliphatic rings. The largest absolute Gasteiger partial charge is 0.418 e. The van der Waals surface area contributed by atoms with Crippen molar-refractivity contribution >= 4 is 28.9 Å². The lowest BCUT2D eigenvalue weighted by Gasteiger charge is -2.17. The van der Waals surface area contributed by atoms with Crippen LogP contribution in [-0.2, 0) is 0 Å². The SMILES string of the molecule is Clc1ccc(C(Nc2cccc(Cl)c2)c2nnc(-c3ccccc3)o2)cc1. The maximum absolute atomic E-state index is 6.12. The third-order valence-electron chi connectivity index (χ3n) is 4.05. The molecule has 1 heterocycles. The molecular weight excluding hydrogens is 381 g/mol. The predicted molar refractivity (Wildman–Crippen MR) is 108 cm³/mol. The molecule has 1 N–H and O–H groups in total. The molecule has 6 heteroatoms. The highest BCUT2D eigenvalue weighted by atomic mass is 35.5. The lowest BCUT2D eigenvalue weighted by atomic mass is 10.1.